The van der Waals surface area contributed by atoms with E-state index in [4.69, 9.17) is 4.74 Å². The van der Waals surface area contributed by atoms with E-state index in [1.807, 2.05) is 30.9 Å². The molecule has 1 heterocycles. The number of hydrogen-bond acceptors (Lipinski definition) is 3. The molecule has 0 aliphatic heterocycles. The van der Waals surface area contributed by atoms with Gasteiger partial charge in [0.25, 0.3) is 0 Å². The summed E-state index contributed by atoms with van der Waals surface area (Å²) in [6, 6.07) is 6.38. The van der Waals surface area contributed by atoms with Crippen molar-refractivity contribution in [2.45, 2.75) is 26.5 Å². The van der Waals surface area contributed by atoms with E-state index in [9.17, 15) is 4.39 Å². The topological polar surface area (TPSA) is 63.5 Å². The number of halogens is 2. The predicted molar refractivity (Wildman–Crippen MR) is 108 cm³/mol. The second-order valence-corrected chi connectivity index (χ2v) is 5.52. The Morgan fingerprint density at radius 2 is 2.12 bits per heavy atom. The molecule has 0 saturated carbocycles. The maximum atomic E-state index is 13.6. The third-order valence-corrected chi connectivity index (χ3v) is 3.34. The van der Waals surface area contributed by atoms with Gasteiger partial charge in [-0.25, -0.2) is 4.39 Å². The minimum Gasteiger partial charge on any atom is -0.486 e. The molecule has 1 aromatic heterocycles. The fourth-order valence-corrected chi connectivity index (χ4v) is 2.14. The number of nitrogens with one attached hydrogen (secondary N) is 2. The fourth-order valence-electron chi connectivity index (χ4n) is 2.14. The molecule has 138 valence electrons. The van der Waals surface area contributed by atoms with E-state index in [0.29, 0.717) is 19.0 Å². The van der Waals surface area contributed by atoms with Crippen molar-refractivity contribution >= 4 is 29.9 Å². The standard InChI is InChI=1S/C17H24FN5O.HI/c1-13-10-22-23(12-13)9-8-20-17(19-3)21-11-14(2)24-16-7-5-4-6-15(16)18;/h4-7,10,12,14H,8-9,11H2,1-3H3,(H2,19,20,21);1H. The molecule has 2 aromatic rings. The zero-order chi connectivity index (χ0) is 17.4. The van der Waals surface area contributed by atoms with Crippen LogP contribution in [0.25, 0.3) is 0 Å². The summed E-state index contributed by atoms with van der Waals surface area (Å²) < 4.78 is 21.0. The molecule has 0 aliphatic carbocycles. The summed E-state index contributed by atoms with van der Waals surface area (Å²) in [4.78, 5) is 4.16. The number of aliphatic imine (C=N–C) groups is 1. The highest BCUT2D eigenvalue weighted by Gasteiger charge is 2.08. The third-order valence-electron chi connectivity index (χ3n) is 3.34. The number of aromatic nitrogens is 2. The molecule has 0 amide bonds. The Morgan fingerprint density at radius 1 is 1.36 bits per heavy atom. The zero-order valence-corrected chi connectivity index (χ0v) is 17.0. The van der Waals surface area contributed by atoms with Gasteiger partial charge in [-0.05, 0) is 31.5 Å². The van der Waals surface area contributed by atoms with Crippen LogP contribution in [0, 0.1) is 12.7 Å². The molecule has 0 saturated heterocycles. The van der Waals surface area contributed by atoms with Gasteiger partial charge in [0.15, 0.2) is 17.5 Å². The van der Waals surface area contributed by atoms with Gasteiger partial charge in [0.1, 0.15) is 6.10 Å². The van der Waals surface area contributed by atoms with E-state index in [2.05, 4.69) is 20.7 Å². The van der Waals surface area contributed by atoms with Crippen LogP contribution < -0.4 is 15.4 Å². The highest BCUT2D eigenvalue weighted by atomic mass is 127. The normalized spacial score (nSPS) is 12.2. The molecule has 0 aliphatic rings. The minimum atomic E-state index is -0.360. The summed E-state index contributed by atoms with van der Waals surface area (Å²) in [6.45, 7) is 5.83. The van der Waals surface area contributed by atoms with Gasteiger partial charge in [-0.15, -0.1) is 24.0 Å². The summed E-state index contributed by atoms with van der Waals surface area (Å²) in [6.07, 6.45) is 3.62. The second-order valence-electron chi connectivity index (χ2n) is 5.52. The number of benzene rings is 1. The Labute approximate surface area is 164 Å². The minimum absolute atomic E-state index is 0. The maximum Gasteiger partial charge on any atom is 0.191 e. The van der Waals surface area contributed by atoms with E-state index >= 15 is 0 Å². The second kappa shape index (κ2) is 10.9. The fraction of sp³-hybridized carbons (Fsp3) is 0.412. The Bertz CT molecular complexity index is 677. The average molecular weight is 461 g/mol. The van der Waals surface area contributed by atoms with Crippen LogP contribution in [0.5, 0.6) is 5.75 Å². The monoisotopic (exact) mass is 461 g/mol. The lowest BCUT2D eigenvalue weighted by Gasteiger charge is -2.18. The molecule has 0 spiro atoms. The molecular formula is C17H25FIN5O. The first-order valence-electron chi connectivity index (χ1n) is 7.93. The largest absolute Gasteiger partial charge is 0.486 e. The van der Waals surface area contributed by atoms with Gasteiger partial charge in [0.05, 0.1) is 19.3 Å². The third kappa shape index (κ3) is 7.29. The van der Waals surface area contributed by atoms with Gasteiger partial charge in [-0.2, -0.15) is 5.10 Å². The molecule has 0 radical (unpaired) electrons. The van der Waals surface area contributed by atoms with Crippen molar-refractivity contribution in [3.8, 4) is 5.75 Å². The van der Waals surface area contributed by atoms with E-state index in [1.165, 1.54) is 6.07 Å². The van der Waals surface area contributed by atoms with Crippen molar-refractivity contribution in [3.63, 3.8) is 0 Å². The van der Waals surface area contributed by atoms with Crippen molar-refractivity contribution in [1.82, 2.24) is 20.4 Å². The highest BCUT2D eigenvalue weighted by Crippen LogP contribution is 2.16. The van der Waals surface area contributed by atoms with Crippen LogP contribution in [-0.2, 0) is 6.54 Å². The number of guanidine groups is 1. The Hall–Kier alpha value is -1.84. The molecule has 8 heteroatoms. The molecule has 25 heavy (non-hydrogen) atoms. The van der Waals surface area contributed by atoms with Crippen molar-refractivity contribution in [2.75, 3.05) is 20.1 Å². The highest BCUT2D eigenvalue weighted by molar-refractivity contribution is 14.0. The van der Waals surface area contributed by atoms with E-state index in [0.717, 1.165) is 12.1 Å². The van der Waals surface area contributed by atoms with Crippen molar-refractivity contribution in [2.24, 2.45) is 4.99 Å². The smallest absolute Gasteiger partial charge is 0.191 e. The number of ether oxygens (including phenoxy) is 1. The van der Waals surface area contributed by atoms with Gasteiger partial charge in [0, 0.05) is 19.8 Å². The molecule has 1 unspecified atom stereocenters. The number of hydrogen-bond donors (Lipinski definition) is 2. The summed E-state index contributed by atoms with van der Waals surface area (Å²) in [7, 11) is 1.70. The number of nitrogens with zero attached hydrogens (tertiary/aromatic N) is 3. The van der Waals surface area contributed by atoms with Crippen LogP contribution in [0.3, 0.4) is 0 Å². The van der Waals surface area contributed by atoms with Gasteiger partial charge in [-0.1, -0.05) is 12.1 Å². The van der Waals surface area contributed by atoms with Gasteiger partial charge in [0.2, 0.25) is 0 Å². The molecule has 2 rings (SSSR count). The summed E-state index contributed by atoms with van der Waals surface area (Å²) in [5.74, 6) is 0.563. The molecular weight excluding hydrogens is 436 g/mol. The number of aryl methyl sites for hydroxylation is 1. The van der Waals surface area contributed by atoms with Crippen LogP contribution in [0.2, 0.25) is 0 Å². The Balaban J connectivity index is 0.00000312. The number of rotatable bonds is 7. The molecule has 6 nitrogen and oxygen atoms in total. The Kier molecular flexibility index (Phi) is 9.25. The lowest BCUT2D eigenvalue weighted by Crippen LogP contribution is -2.42. The SMILES string of the molecule is CN=C(NCCn1cc(C)cn1)NCC(C)Oc1ccccc1F.I. The van der Waals surface area contributed by atoms with Crippen molar-refractivity contribution in [3.05, 3.63) is 48.0 Å². The quantitative estimate of drug-likeness (QED) is 0.378. The molecule has 0 bridgehead atoms. The van der Waals surface area contributed by atoms with Crippen LogP contribution >= 0.6 is 24.0 Å². The van der Waals surface area contributed by atoms with E-state index < -0.39 is 0 Å². The zero-order valence-electron chi connectivity index (χ0n) is 14.7. The predicted octanol–water partition coefficient (Wildman–Crippen LogP) is 2.58. The lowest BCUT2D eigenvalue weighted by molar-refractivity contribution is 0.214. The Morgan fingerprint density at radius 3 is 2.76 bits per heavy atom. The first kappa shape index (κ1) is 21.2. The summed E-state index contributed by atoms with van der Waals surface area (Å²) in [5, 5.41) is 10.6. The van der Waals surface area contributed by atoms with Crippen LogP contribution in [0.1, 0.15) is 12.5 Å². The summed E-state index contributed by atoms with van der Waals surface area (Å²) in [5.41, 5.74) is 1.14. The maximum absolute atomic E-state index is 13.6. The van der Waals surface area contributed by atoms with Gasteiger partial charge in [-0.3, -0.25) is 9.67 Å². The van der Waals surface area contributed by atoms with Crippen LogP contribution in [0.15, 0.2) is 41.7 Å². The first-order valence-corrected chi connectivity index (χ1v) is 7.93. The van der Waals surface area contributed by atoms with Crippen molar-refractivity contribution < 1.29 is 9.13 Å². The molecule has 2 N–H and O–H groups in total. The average Bonchev–Trinajstić information content (AvgIpc) is 2.98. The van der Waals surface area contributed by atoms with E-state index in [-0.39, 0.29) is 41.6 Å². The molecule has 1 aromatic carbocycles. The number of para-hydroxylation sites is 1. The van der Waals surface area contributed by atoms with E-state index in [1.54, 1.807) is 25.2 Å². The van der Waals surface area contributed by atoms with Gasteiger partial charge >= 0.3 is 0 Å². The first-order chi connectivity index (χ1) is 11.6. The van der Waals surface area contributed by atoms with Gasteiger partial charge < -0.3 is 15.4 Å². The lowest BCUT2D eigenvalue weighted by atomic mass is 10.3. The molecule has 1 atom stereocenters. The summed E-state index contributed by atoms with van der Waals surface area (Å²) >= 11 is 0. The van der Waals surface area contributed by atoms with Crippen LogP contribution in [0.4, 0.5) is 4.39 Å². The van der Waals surface area contributed by atoms with Crippen molar-refractivity contribution in [1.29, 1.82) is 0 Å². The molecule has 0 fully saturated rings. The van der Waals surface area contributed by atoms with Crippen LogP contribution in [-0.4, -0.2) is 42.0 Å².